The maximum Gasteiger partial charge on any atom is 0.416 e. The molecule has 3 N–H and O–H groups in total. The smallest absolute Gasteiger partial charge is 0.416 e. The number of carboxylic acid groups (broad SMARTS) is 1. The van der Waals surface area contributed by atoms with Crippen molar-refractivity contribution in [3.05, 3.63) is 47.8 Å². The molecule has 10 nitrogen and oxygen atoms in total. The van der Waals surface area contributed by atoms with Crippen molar-refractivity contribution in [3.63, 3.8) is 0 Å². The number of anilines is 2. The van der Waals surface area contributed by atoms with E-state index in [2.05, 4.69) is 30.9 Å². The molecule has 0 aliphatic rings. The second-order valence-electron chi connectivity index (χ2n) is 6.84. The van der Waals surface area contributed by atoms with Crippen molar-refractivity contribution in [1.29, 1.82) is 0 Å². The van der Waals surface area contributed by atoms with Crippen molar-refractivity contribution in [2.75, 3.05) is 11.9 Å². The Hall–Kier alpha value is -4.03. The number of carboxylic acids is 1. The third-order valence-electron chi connectivity index (χ3n) is 4.28. The third kappa shape index (κ3) is 5.56. The molecule has 3 rings (SSSR count). The van der Waals surface area contributed by atoms with Crippen LogP contribution in [0.15, 0.2) is 36.7 Å². The molecule has 3 heterocycles. The summed E-state index contributed by atoms with van der Waals surface area (Å²) in [5, 5.41) is 21.5. The Morgan fingerprint density at radius 2 is 1.94 bits per heavy atom. The first-order valence-electron chi connectivity index (χ1n) is 9.23. The van der Waals surface area contributed by atoms with Crippen LogP contribution in [-0.4, -0.2) is 48.5 Å². The number of hydrogen-bond donors (Lipinski definition) is 3. The van der Waals surface area contributed by atoms with Crippen molar-refractivity contribution < 1.29 is 27.9 Å². The molecule has 168 valence electrons. The fourth-order valence-electron chi connectivity index (χ4n) is 2.68. The van der Waals surface area contributed by atoms with Gasteiger partial charge >= 0.3 is 12.1 Å². The number of nitrogens with one attached hydrogen (secondary N) is 2. The van der Waals surface area contributed by atoms with Gasteiger partial charge in [0.2, 0.25) is 5.91 Å². The summed E-state index contributed by atoms with van der Waals surface area (Å²) in [4.78, 5) is 30.8. The molecule has 0 spiro atoms. The number of carbonyl (C=O) groups is 2. The van der Waals surface area contributed by atoms with Crippen LogP contribution in [0.5, 0.6) is 0 Å². The number of halogens is 3. The molecule has 1 amide bonds. The topological polar surface area (TPSA) is 135 Å². The molecule has 1 atom stereocenters. The highest BCUT2D eigenvalue weighted by molar-refractivity contribution is 5.83. The van der Waals surface area contributed by atoms with E-state index in [1.807, 2.05) is 0 Å². The minimum absolute atomic E-state index is 0.0312. The highest BCUT2D eigenvalue weighted by Gasteiger charge is 2.30. The van der Waals surface area contributed by atoms with E-state index in [1.165, 1.54) is 17.8 Å². The highest BCUT2D eigenvalue weighted by Crippen LogP contribution is 2.30. The first-order chi connectivity index (χ1) is 15.0. The summed E-state index contributed by atoms with van der Waals surface area (Å²) in [6.07, 6.45) is -2.00. The fourth-order valence-corrected chi connectivity index (χ4v) is 2.68. The van der Waals surface area contributed by atoms with Gasteiger partial charge in [0.15, 0.2) is 0 Å². The molecular formula is C19H18F3N7O3. The Kier molecular flexibility index (Phi) is 6.37. The van der Waals surface area contributed by atoms with Crippen LogP contribution in [0.1, 0.15) is 24.1 Å². The van der Waals surface area contributed by atoms with E-state index < -0.39 is 36.2 Å². The van der Waals surface area contributed by atoms with Crippen LogP contribution >= 0.6 is 0 Å². The van der Waals surface area contributed by atoms with Gasteiger partial charge in [0.1, 0.15) is 29.9 Å². The van der Waals surface area contributed by atoms with Crippen molar-refractivity contribution in [2.24, 2.45) is 0 Å². The molecule has 0 unspecified atom stereocenters. The summed E-state index contributed by atoms with van der Waals surface area (Å²) in [6.45, 7) is 2.76. The summed E-state index contributed by atoms with van der Waals surface area (Å²) in [7, 11) is 0. The largest absolute Gasteiger partial charge is 0.480 e. The standard InChI is InChI=1S/C19H18F3N7O3/c1-10-5-13(14-9-29(28-27-14)11(2)18(32)24-8-17(30)31)25-16(6-10)26-15-7-12(3-4-23-15)19(20,21)22/h3-7,9,11H,8H2,1-2H3,(H,24,32)(H,30,31)(H,23,25,26)/t11-/m1/s1. The van der Waals surface area contributed by atoms with Gasteiger partial charge < -0.3 is 15.7 Å². The molecule has 0 radical (unpaired) electrons. The van der Waals surface area contributed by atoms with Gasteiger partial charge in [-0.25, -0.2) is 14.6 Å². The average molecular weight is 449 g/mol. The van der Waals surface area contributed by atoms with Gasteiger partial charge in [-0.1, -0.05) is 5.21 Å². The highest BCUT2D eigenvalue weighted by atomic mass is 19.4. The zero-order valence-electron chi connectivity index (χ0n) is 16.9. The number of carbonyl (C=O) groups excluding carboxylic acids is 1. The van der Waals surface area contributed by atoms with E-state index in [9.17, 15) is 22.8 Å². The molecule has 0 saturated heterocycles. The lowest BCUT2D eigenvalue weighted by Crippen LogP contribution is -2.34. The molecule has 3 aromatic heterocycles. The zero-order chi connectivity index (χ0) is 23.5. The molecule has 0 saturated carbocycles. The lowest BCUT2D eigenvalue weighted by atomic mass is 10.2. The minimum Gasteiger partial charge on any atom is -0.480 e. The van der Waals surface area contributed by atoms with Crippen LogP contribution in [0.25, 0.3) is 11.4 Å². The lowest BCUT2D eigenvalue weighted by molar-refractivity contribution is -0.138. The summed E-state index contributed by atoms with van der Waals surface area (Å²) >= 11 is 0. The summed E-state index contributed by atoms with van der Waals surface area (Å²) in [6, 6.07) is 4.22. The minimum atomic E-state index is -4.50. The second kappa shape index (κ2) is 8.99. The van der Waals surface area contributed by atoms with Crippen molar-refractivity contribution in [2.45, 2.75) is 26.1 Å². The van der Waals surface area contributed by atoms with Gasteiger partial charge in [0, 0.05) is 6.20 Å². The number of alkyl halides is 3. The number of aromatic nitrogens is 5. The van der Waals surface area contributed by atoms with E-state index in [0.29, 0.717) is 11.4 Å². The maximum absolute atomic E-state index is 12.9. The lowest BCUT2D eigenvalue weighted by Gasteiger charge is -2.11. The summed E-state index contributed by atoms with van der Waals surface area (Å²) in [5.74, 6) is -1.52. The fraction of sp³-hybridized carbons (Fsp3) is 0.263. The molecule has 0 bridgehead atoms. The summed E-state index contributed by atoms with van der Waals surface area (Å²) in [5.41, 5.74) is 0.572. The number of nitrogens with zero attached hydrogens (tertiary/aromatic N) is 5. The predicted molar refractivity (Wildman–Crippen MR) is 106 cm³/mol. The van der Waals surface area contributed by atoms with Gasteiger partial charge in [0.25, 0.3) is 0 Å². The van der Waals surface area contributed by atoms with E-state index in [1.54, 1.807) is 19.1 Å². The Bertz CT molecular complexity index is 1150. The van der Waals surface area contributed by atoms with Crippen molar-refractivity contribution in [3.8, 4) is 11.4 Å². The molecular weight excluding hydrogens is 431 g/mol. The van der Waals surface area contributed by atoms with Gasteiger partial charge in [0.05, 0.1) is 17.5 Å². The zero-order valence-corrected chi connectivity index (χ0v) is 16.9. The average Bonchev–Trinajstić information content (AvgIpc) is 3.21. The number of hydrogen-bond acceptors (Lipinski definition) is 7. The molecule has 0 aromatic carbocycles. The van der Waals surface area contributed by atoms with Crippen LogP contribution in [0.3, 0.4) is 0 Å². The SMILES string of the molecule is Cc1cc(Nc2cc(C(F)(F)F)ccn2)nc(-c2cn([C@H](C)C(=O)NCC(=O)O)nn2)c1. The predicted octanol–water partition coefficient (Wildman–Crippen LogP) is 2.57. The van der Waals surface area contributed by atoms with Crippen molar-refractivity contribution in [1.82, 2.24) is 30.3 Å². The maximum atomic E-state index is 12.9. The van der Waals surface area contributed by atoms with Crippen LogP contribution in [0, 0.1) is 6.92 Å². The molecule has 3 aromatic rings. The van der Waals surface area contributed by atoms with Gasteiger partial charge in [-0.2, -0.15) is 13.2 Å². The second-order valence-corrected chi connectivity index (χ2v) is 6.84. The van der Waals surface area contributed by atoms with E-state index in [0.717, 1.165) is 23.9 Å². The van der Waals surface area contributed by atoms with E-state index in [-0.39, 0.29) is 11.6 Å². The Morgan fingerprint density at radius 3 is 2.62 bits per heavy atom. The van der Waals surface area contributed by atoms with Crippen LogP contribution in [-0.2, 0) is 15.8 Å². The van der Waals surface area contributed by atoms with Crippen LogP contribution in [0.4, 0.5) is 24.8 Å². The molecule has 0 aliphatic carbocycles. The number of amides is 1. The normalized spacial score (nSPS) is 12.3. The molecule has 13 heteroatoms. The van der Waals surface area contributed by atoms with Gasteiger partial charge in [-0.3, -0.25) is 9.59 Å². The Morgan fingerprint density at radius 1 is 1.19 bits per heavy atom. The first kappa shape index (κ1) is 22.7. The molecule has 0 fully saturated rings. The van der Waals surface area contributed by atoms with Gasteiger partial charge in [-0.15, -0.1) is 5.10 Å². The van der Waals surface area contributed by atoms with Gasteiger partial charge in [-0.05, 0) is 43.7 Å². The first-order valence-corrected chi connectivity index (χ1v) is 9.23. The quantitative estimate of drug-likeness (QED) is 0.501. The number of aliphatic carboxylic acids is 1. The van der Waals surface area contributed by atoms with Crippen LogP contribution in [0.2, 0.25) is 0 Å². The van der Waals surface area contributed by atoms with E-state index in [4.69, 9.17) is 5.11 Å². The summed E-state index contributed by atoms with van der Waals surface area (Å²) < 4.78 is 40.0. The Labute approximate surface area is 179 Å². The number of pyridine rings is 2. The van der Waals surface area contributed by atoms with Crippen LogP contribution < -0.4 is 10.6 Å². The number of rotatable bonds is 7. The number of aryl methyl sites for hydroxylation is 1. The molecule has 32 heavy (non-hydrogen) atoms. The van der Waals surface area contributed by atoms with Crippen molar-refractivity contribution >= 4 is 23.5 Å². The third-order valence-corrected chi connectivity index (χ3v) is 4.28. The van der Waals surface area contributed by atoms with E-state index >= 15 is 0 Å². The Balaban J connectivity index is 1.81. The molecule has 0 aliphatic heterocycles. The monoisotopic (exact) mass is 449 g/mol.